The molecule has 0 radical (unpaired) electrons. The molecule has 0 aliphatic carbocycles. The minimum atomic E-state index is -0.519. The maximum atomic E-state index is 13.7. The Bertz CT molecular complexity index is 1220. The number of nitrogens with one attached hydrogen (secondary N) is 3. The van der Waals surface area contributed by atoms with Gasteiger partial charge in [0.05, 0.1) is 23.1 Å². The quantitative estimate of drug-likeness (QED) is 0.458. The van der Waals surface area contributed by atoms with Gasteiger partial charge in [0.1, 0.15) is 22.2 Å². The summed E-state index contributed by atoms with van der Waals surface area (Å²) in [6.07, 6.45) is 0. The average Bonchev–Trinajstić information content (AvgIpc) is 3.32. The van der Waals surface area contributed by atoms with Crippen LogP contribution in [0.15, 0.2) is 54.6 Å². The Kier molecular flexibility index (Phi) is 4.96. The van der Waals surface area contributed by atoms with Gasteiger partial charge in [-0.25, -0.2) is 4.39 Å². The molecular weight excluding hydrogens is 395 g/mol. The highest BCUT2D eigenvalue weighted by Gasteiger charge is 2.18. The molecule has 0 atom stereocenters. The number of hydrogen-bond acceptors (Lipinski definition) is 5. The second kappa shape index (κ2) is 7.72. The number of ether oxygens (including phenoxy) is 1. The summed E-state index contributed by atoms with van der Waals surface area (Å²) in [5.41, 5.74) is 0.511. The molecule has 2 amide bonds. The minimum Gasteiger partial charge on any atom is -0.497 e. The van der Waals surface area contributed by atoms with E-state index in [-0.39, 0.29) is 11.6 Å². The fraction of sp³-hybridized carbons (Fsp3) is 0.0500. The number of halogens is 1. The van der Waals surface area contributed by atoms with E-state index in [2.05, 4.69) is 20.8 Å². The van der Waals surface area contributed by atoms with E-state index >= 15 is 0 Å². The summed E-state index contributed by atoms with van der Waals surface area (Å²) in [4.78, 5) is 25.9. The Morgan fingerprint density at radius 3 is 2.69 bits per heavy atom. The van der Waals surface area contributed by atoms with Crippen LogP contribution < -0.4 is 15.4 Å². The highest BCUT2D eigenvalue weighted by atomic mass is 32.1. The zero-order chi connectivity index (χ0) is 20.4. The van der Waals surface area contributed by atoms with E-state index in [1.807, 2.05) is 0 Å². The van der Waals surface area contributed by atoms with Crippen LogP contribution in [-0.2, 0) is 0 Å². The van der Waals surface area contributed by atoms with E-state index < -0.39 is 11.7 Å². The molecule has 2 heterocycles. The van der Waals surface area contributed by atoms with Gasteiger partial charge in [-0.2, -0.15) is 5.10 Å². The number of carbonyl (C=O) groups excluding carboxylic acids is 2. The molecule has 0 aliphatic rings. The highest BCUT2D eigenvalue weighted by molar-refractivity contribution is 7.20. The lowest BCUT2D eigenvalue weighted by molar-refractivity contribution is 0.102. The Morgan fingerprint density at radius 2 is 1.90 bits per heavy atom. The van der Waals surface area contributed by atoms with Gasteiger partial charge in [-0.1, -0.05) is 18.2 Å². The molecule has 0 unspecified atom stereocenters. The van der Waals surface area contributed by atoms with Crippen molar-refractivity contribution in [2.24, 2.45) is 0 Å². The molecule has 0 spiro atoms. The predicted molar refractivity (Wildman–Crippen MR) is 109 cm³/mol. The Morgan fingerprint density at radius 1 is 1.07 bits per heavy atom. The van der Waals surface area contributed by atoms with Crippen LogP contribution in [0.1, 0.15) is 20.0 Å². The third-order valence-corrected chi connectivity index (χ3v) is 5.20. The average molecular weight is 410 g/mol. The summed E-state index contributed by atoms with van der Waals surface area (Å²) < 4.78 is 18.9. The van der Waals surface area contributed by atoms with Gasteiger partial charge in [0, 0.05) is 5.56 Å². The minimum absolute atomic E-state index is 0.0941. The third kappa shape index (κ3) is 3.81. The first-order chi connectivity index (χ1) is 14.0. The van der Waals surface area contributed by atoms with Gasteiger partial charge in [0.2, 0.25) is 0 Å². The van der Waals surface area contributed by atoms with Crippen LogP contribution in [0.4, 0.5) is 15.9 Å². The number of amides is 2. The van der Waals surface area contributed by atoms with Crippen molar-refractivity contribution in [2.45, 2.75) is 0 Å². The van der Waals surface area contributed by atoms with Crippen molar-refractivity contribution in [1.29, 1.82) is 0 Å². The molecule has 146 valence electrons. The Hall–Kier alpha value is -3.72. The number of carbonyl (C=O) groups is 2. The summed E-state index contributed by atoms with van der Waals surface area (Å²) in [6.45, 7) is 0. The first-order valence-corrected chi connectivity index (χ1v) is 9.36. The molecule has 0 aliphatic heterocycles. The van der Waals surface area contributed by atoms with Crippen LogP contribution in [-0.4, -0.2) is 29.1 Å². The number of aromatic nitrogens is 2. The number of benzene rings is 2. The fourth-order valence-corrected chi connectivity index (χ4v) is 3.61. The molecule has 0 saturated carbocycles. The Labute approximate surface area is 168 Å². The van der Waals surface area contributed by atoms with E-state index in [4.69, 9.17) is 4.74 Å². The molecule has 7 nitrogen and oxygen atoms in total. The van der Waals surface area contributed by atoms with Crippen LogP contribution in [0.3, 0.4) is 0 Å². The van der Waals surface area contributed by atoms with Crippen LogP contribution >= 0.6 is 11.3 Å². The molecule has 3 N–H and O–H groups in total. The molecular formula is C20H15FN4O3S. The first-order valence-electron chi connectivity index (χ1n) is 8.54. The topological polar surface area (TPSA) is 96.1 Å². The molecule has 4 aromatic rings. The Balaban J connectivity index is 1.55. The van der Waals surface area contributed by atoms with Crippen molar-refractivity contribution in [3.05, 3.63) is 70.9 Å². The van der Waals surface area contributed by atoms with E-state index in [1.165, 1.54) is 19.2 Å². The molecule has 2 aromatic heterocycles. The van der Waals surface area contributed by atoms with Crippen molar-refractivity contribution in [1.82, 2.24) is 10.2 Å². The molecule has 2 aromatic carbocycles. The maximum Gasteiger partial charge on any atom is 0.265 e. The largest absolute Gasteiger partial charge is 0.497 e. The van der Waals surface area contributed by atoms with Gasteiger partial charge in [-0.05, 0) is 36.4 Å². The van der Waals surface area contributed by atoms with Crippen LogP contribution in [0, 0.1) is 5.82 Å². The predicted octanol–water partition coefficient (Wildman–Crippen LogP) is 4.28. The van der Waals surface area contributed by atoms with E-state index in [0.29, 0.717) is 32.2 Å². The van der Waals surface area contributed by atoms with Crippen molar-refractivity contribution < 1.29 is 18.7 Å². The number of aromatic amines is 1. The second-order valence-corrected chi connectivity index (χ2v) is 7.08. The molecule has 0 fully saturated rings. The fourth-order valence-electron chi connectivity index (χ4n) is 2.71. The molecule has 0 bridgehead atoms. The lowest BCUT2D eigenvalue weighted by Gasteiger charge is -2.05. The van der Waals surface area contributed by atoms with Crippen molar-refractivity contribution >= 4 is 44.9 Å². The zero-order valence-corrected chi connectivity index (χ0v) is 16.0. The molecule has 29 heavy (non-hydrogen) atoms. The zero-order valence-electron chi connectivity index (χ0n) is 15.2. The first kappa shape index (κ1) is 18.6. The summed E-state index contributed by atoms with van der Waals surface area (Å²) in [6, 6.07) is 14.2. The smallest absolute Gasteiger partial charge is 0.265 e. The van der Waals surface area contributed by atoms with Gasteiger partial charge in [0.15, 0.2) is 0 Å². The van der Waals surface area contributed by atoms with Crippen molar-refractivity contribution in [3.8, 4) is 5.75 Å². The maximum absolute atomic E-state index is 13.7. The number of methoxy groups -OCH3 is 1. The van der Waals surface area contributed by atoms with Crippen LogP contribution in [0.5, 0.6) is 5.75 Å². The van der Waals surface area contributed by atoms with Gasteiger partial charge in [0.25, 0.3) is 11.8 Å². The summed E-state index contributed by atoms with van der Waals surface area (Å²) >= 11 is 1.13. The molecule has 4 rings (SSSR count). The lowest BCUT2D eigenvalue weighted by atomic mass is 10.2. The molecule has 0 saturated heterocycles. The SMILES string of the molecule is COc1cccc(C(=O)Nc2[nH]nc3sc(C(=O)Nc4ccccc4F)cc23)c1. The highest BCUT2D eigenvalue weighted by Crippen LogP contribution is 2.30. The number of anilines is 2. The summed E-state index contributed by atoms with van der Waals surface area (Å²) in [5.74, 6) is -0.389. The normalized spacial score (nSPS) is 10.7. The standard InChI is InChI=1S/C20H15FN4O3S/c1-28-12-6-4-5-11(9-12)18(26)23-17-13-10-16(29-20(13)25-24-17)19(27)22-15-8-3-2-7-14(15)21/h2-10H,1H3,(H,22,27)(H2,23,24,25,26). The van der Waals surface area contributed by atoms with Gasteiger partial charge < -0.3 is 15.4 Å². The van der Waals surface area contributed by atoms with Crippen molar-refractivity contribution in [3.63, 3.8) is 0 Å². The van der Waals surface area contributed by atoms with Gasteiger partial charge >= 0.3 is 0 Å². The van der Waals surface area contributed by atoms with Gasteiger partial charge in [-0.15, -0.1) is 11.3 Å². The van der Waals surface area contributed by atoms with Crippen molar-refractivity contribution in [2.75, 3.05) is 17.7 Å². The number of H-pyrrole nitrogens is 1. The number of thiophene rings is 1. The van der Waals surface area contributed by atoms with Crippen LogP contribution in [0.2, 0.25) is 0 Å². The van der Waals surface area contributed by atoms with E-state index in [0.717, 1.165) is 11.3 Å². The summed E-state index contributed by atoms with van der Waals surface area (Å²) in [7, 11) is 1.52. The van der Waals surface area contributed by atoms with Crippen LogP contribution in [0.25, 0.3) is 10.2 Å². The summed E-state index contributed by atoms with van der Waals surface area (Å²) in [5, 5.41) is 12.7. The number of para-hydroxylation sites is 1. The number of nitrogens with zero attached hydrogens (tertiary/aromatic N) is 1. The third-order valence-electron chi connectivity index (χ3n) is 4.17. The second-order valence-electron chi connectivity index (χ2n) is 6.05. The number of hydrogen-bond donors (Lipinski definition) is 3. The lowest BCUT2D eigenvalue weighted by Crippen LogP contribution is -2.12. The van der Waals surface area contributed by atoms with Gasteiger partial charge in [-0.3, -0.25) is 14.7 Å². The molecule has 9 heteroatoms. The van der Waals surface area contributed by atoms with E-state index in [9.17, 15) is 14.0 Å². The van der Waals surface area contributed by atoms with E-state index in [1.54, 1.807) is 42.5 Å². The number of fused-ring (bicyclic) bond motifs is 1. The monoisotopic (exact) mass is 410 g/mol. The number of rotatable bonds is 5.